The quantitative estimate of drug-likeness (QED) is 0.880. The van der Waals surface area contributed by atoms with Crippen LogP contribution in [0.3, 0.4) is 0 Å². The van der Waals surface area contributed by atoms with Crippen LogP contribution in [0.15, 0.2) is 18.2 Å². The summed E-state index contributed by atoms with van der Waals surface area (Å²) in [5.41, 5.74) is 9.78. The molecule has 0 aliphatic carbocycles. The summed E-state index contributed by atoms with van der Waals surface area (Å²) in [6, 6.07) is 7.41. The van der Waals surface area contributed by atoms with Crippen LogP contribution in [0.25, 0.3) is 0 Å². The molecule has 1 atom stereocenters. The molecule has 1 saturated heterocycles. The molecule has 1 unspecified atom stereocenters. The van der Waals surface area contributed by atoms with Crippen molar-refractivity contribution < 1.29 is 0 Å². The number of nitrogens with zero attached hydrogens (tertiary/aromatic N) is 2. The largest absolute Gasteiger partial charge is 0.373 e. The fraction of sp³-hybridized carbons (Fsp3) is 0.625. The molecular weight excluding hydrogens is 234 g/mol. The Kier molecular flexibility index (Phi) is 4.83. The van der Waals surface area contributed by atoms with Gasteiger partial charge in [-0.15, -0.1) is 0 Å². The summed E-state index contributed by atoms with van der Waals surface area (Å²) in [4.78, 5) is 4.88. The lowest BCUT2D eigenvalue weighted by atomic mass is 10.0. The van der Waals surface area contributed by atoms with Gasteiger partial charge in [0.05, 0.1) is 0 Å². The Morgan fingerprint density at radius 1 is 1.42 bits per heavy atom. The lowest BCUT2D eigenvalue weighted by Gasteiger charge is -2.29. The molecule has 3 nitrogen and oxygen atoms in total. The topological polar surface area (TPSA) is 32.5 Å². The van der Waals surface area contributed by atoms with E-state index in [1.165, 1.54) is 36.2 Å². The Balaban J connectivity index is 2.11. The summed E-state index contributed by atoms with van der Waals surface area (Å²) in [5, 5.41) is 0. The Bertz CT molecular complexity index is 416. The summed E-state index contributed by atoms with van der Waals surface area (Å²) >= 11 is 0. The fourth-order valence-corrected chi connectivity index (χ4v) is 3.07. The third-order valence-electron chi connectivity index (χ3n) is 4.22. The van der Waals surface area contributed by atoms with Crippen LogP contribution in [-0.4, -0.2) is 44.7 Å². The van der Waals surface area contributed by atoms with E-state index in [-0.39, 0.29) is 0 Å². The molecule has 0 saturated carbocycles. The third kappa shape index (κ3) is 3.48. The summed E-state index contributed by atoms with van der Waals surface area (Å²) in [5.74, 6) is 0. The van der Waals surface area contributed by atoms with Crippen molar-refractivity contribution in [3.63, 3.8) is 0 Å². The molecule has 19 heavy (non-hydrogen) atoms. The number of nitrogens with two attached hydrogens (primary N) is 1. The van der Waals surface area contributed by atoms with Gasteiger partial charge in [-0.05, 0) is 58.0 Å². The molecule has 1 fully saturated rings. The van der Waals surface area contributed by atoms with Gasteiger partial charge in [-0.25, -0.2) is 0 Å². The fourth-order valence-electron chi connectivity index (χ4n) is 3.07. The second-order valence-electron chi connectivity index (χ2n) is 5.83. The highest BCUT2D eigenvalue weighted by Gasteiger charge is 2.22. The zero-order valence-electron chi connectivity index (χ0n) is 12.5. The molecule has 0 aromatic heterocycles. The Morgan fingerprint density at radius 3 is 2.84 bits per heavy atom. The lowest BCUT2D eigenvalue weighted by Crippen LogP contribution is -2.37. The van der Waals surface area contributed by atoms with Crippen LogP contribution in [0.1, 0.15) is 24.0 Å². The van der Waals surface area contributed by atoms with E-state index >= 15 is 0 Å². The zero-order valence-corrected chi connectivity index (χ0v) is 12.5. The second-order valence-corrected chi connectivity index (χ2v) is 5.83. The number of aryl methyl sites for hydroxylation is 1. The summed E-state index contributed by atoms with van der Waals surface area (Å²) in [6.07, 6.45) is 3.61. The number of hydrogen-bond acceptors (Lipinski definition) is 3. The van der Waals surface area contributed by atoms with Gasteiger partial charge in [0.15, 0.2) is 0 Å². The second kappa shape index (κ2) is 6.40. The molecule has 1 aromatic rings. The molecule has 1 aliphatic heterocycles. The standard InChI is InChI=1S/C16H27N3/c1-13-6-7-16(14(11-13)8-9-17)19(3)12-15-5-4-10-18(15)2/h6-7,11,15H,4-5,8-10,12,17H2,1-3H3. The monoisotopic (exact) mass is 261 g/mol. The third-order valence-corrected chi connectivity index (χ3v) is 4.22. The van der Waals surface area contributed by atoms with E-state index in [1.54, 1.807) is 0 Å². The average molecular weight is 261 g/mol. The highest BCUT2D eigenvalue weighted by Crippen LogP contribution is 2.24. The Labute approximate surface area is 117 Å². The zero-order chi connectivity index (χ0) is 13.8. The van der Waals surface area contributed by atoms with Crippen LogP contribution in [0, 0.1) is 6.92 Å². The highest BCUT2D eigenvalue weighted by atomic mass is 15.2. The maximum Gasteiger partial charge on any atom is 0.0397 e. The van der Waals surface area contributed by atoms with E-state index in [1.807, 2.05) is 0 Å². The first-order valence-corrected chi connectivity index (χ1v) is 7.33. The smallest absolute Gasteiger partial charge is 0.0397 e. The molecule has 0 amide bonds. The predicted molar refractivity (Wildman–Crippen MR) is 82.9 cm³/mol. The SMILES string of the molecule is Cc1ccc(N(C)CC2CCCN2C)c(CCN)c1. The molecule has 2 rings (SSSR count). The number of likely N-dealkylation sites (N-methyl/N-ethyl adjacent to an activating group) is 2. The maximum absolute atomic E-state index is 5.74. The average Bonchev–Trinajstić information content (AvgIpc) is 2.75. The Morgan fingerprint density at radius 2 is 2.21 bits per heavy atom. The predicted octanol–water partition coefficient (Wildman–Crippen LogP) is 2.03. The molecule has 106 valence electrons. The van der Waals surface area contributed by atoms with Crippen molar-refractivity contribution in [2.45, 2.75) is 32.2 Å². The molecule has 0 radical (unpaired) electrons. The van der Waals surface area contributed by atoms with Gasteiger partial charge in [-0.3, -0.25) is 0 Å². The number of likely N-dealkylation sites (tertiary alicyclic amines) is 1. The van der Waals surface area contributed by atoms with Crippen LogP contribution in [-0.2, 0) is 6.42 Å². The Hall–Kier alpha value is -1.06. The summed E-state index contributed by atoms with van der Waals surface area (Å²) in [7, 11) is 4.44. The first-order valence-electron chi connectivity index (χ1n) is 7.33. The summed E-state index contributed by atoms with van der Waals surface area (Å²) in [6.45, 7) is 5.21. The van der Waals surface area contributed by atoms with Crippen molar-refractivity contribution in [2.75, 3.05) is 38.6 Å². The molecular formula is C16H27N3. The molecule has 1 heterocycles. The van der Waals surface area contributed by atoms with Gasteiger partial charge in [0.1, 0.15) is 0 Å². The van der Waals surface area contributed by atoms with Crippen molar-refractivity contribution in [3.8, 4) is 0 Å². The minimum Gasteiger partial charge on any atom is -0.373 e. The van der Waals surface area contributed by atoms with Gasteiger partial charge in [-0.1, -0.05) is 17.7 Å². The molecule has 1 aromatic carbocycles. The van der Waals surface area contributed by atoms with Gasteiger partial charge >= 0.3 is 0 Å². The first kappa shape index (κ1) is 14.4. The normalized spacial score (nSPS) is 19.9. The van der Waals surface area contributed by atoms with E-state index in [0.29, 0.717) is 12.6 Å². The number of hydrogen-bond donors (Lipinski definition) is 1. The van der Waals surface area contributed by atoms with Crippen molar-refractivity contribution >= 4 is 5.69 Å². The van der Waals surface area contributed by atoms with Gasteiger partial charge in [0.25, 0.3) is 0 Å². The van der Waals surface area contributed by atoms with Gasteiger partial charge in [0, 0.05) is 25.3 Å². The van der Waals surface area contributed by atoms with Crippen molar-refractivity contribution in [1.82, 2.24) is 4.90 Å². The summed E-state index contributed by atoms with van der Waals surface area (Å²) < 4.78 is 0. The highest BCUT2D eigenvalue weighted by molar-refractivity contribution is 5.54. The van der Waals surface area contributed by atoms with Crippen LogP contribution in [0.4, 0.5) is 5.69 Å². The number of rotatable bonds is 5. The van der Waals surface area contributed by atoms with Crippen molar-refractivity contribution in [3.05, 3.63) is 29.3 Å². The maximum atomic E-state index is 5.74. The molecule has 0 spiro atoms. The van der Waals surface area contributed by atoms with Gasteiger partial charge in [0.2, 0.25) is 0 Å². The minimum atomic E-state index is 0.692. The van der Waals surface area contributed by atoms with E-state index in [2.05, 4.69) is 49.0 Å². The van der Waals surface area contributed by atoms with Crippen molar-refractivity contribution in [1.29, 1.82) is 0 Å². The molecule has 2 N–H and O–H groups in total. The number of benzene rings is 1. The first-order chi connectivity index (χ1) is 9.11. The van der Waals surface area contributed by atoms with E-state index < -0.39 is 0 Å². The molecule has 0 bridgehead atoms. The van der Waals surface area contributed by atoms with E-state index in [0.717, 1.165) is 13.0 Å². The van der Waals surface area contributed by atoms with E-state index in [9.17, 15) is 0 Å². The lowest BCUT2D eigenvalue weighted by molar-refractivity contribution is 0.314. The van der Waals surface area contributed by atoms with Gasteiger partial charge in [-0.2, -0.15) is 0 Å². The van der Waals surface area contributed by atoms with Crippen LogP contribution >= 0.6 is 0 Å². The molecule has 1 aliphatic rings. The van der Waals surface area contributed by atoms with E-state index in [4.69, 9.17) is 5.73 Å². The van der Waals surface area contributed by atoms with Crippen LogP contribution in [0.5, 0.6) is 0 Å². The van der Waals surface area contributed by atoms with Crippen molar-refractivity contribution in [2.24, 2.45) is 5.73 Å². The minimum absolute atomic E-state index is 0.692. The van der Waals surface area contributed by atoms with Crippen LogP contribution < -0.4 is 10.6 Å². The van der Waals surface area contributed by atoms with Crippen LogP contribution in [0.2, 0.25) is 0 Å². The van der Waals surface area contributed by atoms with Gasteiger partial charge < -0.3 is 15.5 Å². The molecule has 3 heteroatoms. The number of anilines is 1.